The van der Waals surface area contributed by atoms with Gasteiger partial charge in [0.15, 0.2) is 0 Å². The SMILES string of the molecule is O=C(c1cnc(Br)cn1)N1CCOCC1. The van der Waals surface area contributed by atoms with Crippen molar-refractivity contribution in [1.82, 2.24) is 14.9 Å². The maximum Gasteiger partial charge on any atom is 0.274 e. The van der Waals surface area contributed by atoms with Crippen molar-refractivity contribution < 1.29 is 9.53 Å². The Kier molecular flexibility index (Phi) is 3.27. The monoisotopic (exact) mass is 271 g/mol. The molecule has 2 heterocycles. The van der Waals surface area contributed by atoms with Crippen molar-refractivity contribution in [1.29, 1.82) is 0 Å². The second-order valence-electron chi connectivity index (χ2n) is 3.13. The van der Waals surface area contributed by atoms with E-state index in [1.165, 1.54) is 12.4 Å². The number of rotatable bonds is 1. The van der Waals surface area contributed by atoms with Gasteiger partial charge in [0.25, 0.3) is 5.91 Å². The summed E-state index contributed by atoms with van der Waals surface area (Å²) in [7, 11) is 0. The van der Waals surface area contributed by atoms with Crippen LogP contribution in [0.3, 0.4) is 0 Å². The molecule has 1 fully saturated rings. The fraction of sp³-hybridized carbons (Fsp3) is 0.444. The van der Waals surface area contributed by atoms with Gasteiger partial charge in [-0.1, -0.05) is 0 Å². The zero-order valence-corrected chi connectivity index (χ0v) is 9.61. The lowest BCUT2D eigenvalue weighted by Crippen LogP contribution is -2.41. The molecule has 5 nitrogen and oxygen atoms in total. The smallest absolute Gasteiger partial charge is 0.274 e. The Labute approximate surface area is 95.6 Å². The van der Waals surface area contributed by atoms with Crippen molar-refractivity contribution in [3.05, 3.63) is 22.7 Å². The molecule has 1 aromatic heterocycles. The molecule has 80 valence electrons. The van der Waals surface area contributed by atoms with Crippen molar-refractivity contribution in [3.8, 4) is 0 Å². The number of nitrogens with zero attached hydrogens (tertiary/aromatic N) is 3. The fourth-order valence-corrected chi connectivity index (χ4v) is 1.56. The predicted octanol–water partition coefficient (Wildman–Crippen LogP) is 0.711. The van der Waals surface area contributed by atoms with E-state index in [0.29, 0.717) is 36.6 Å². The van der Waals surface area contributed by atoms with Gasteiger partial charge in [0, 0.05) is 13.1 Å². The first kappa shape index (κ1) is 10.5. The first-order valence-corrected chi connectivity index (χ1v) is 5.41. The summed E-state index contributed by atoms with van der Waals surface area (Å²) in [6.45, 7) is 2.43. The number of amides is 1. The molecule has 0 bridgehead atoms. The van der Waals surface area contributed by atoms with Gasteiger partial charge in [0.05, 0.1) is 25.6 Å². The molecular weight excluding hydrogens is 262 g/mol. The van der Waals surface area contributed by atoms with Gasteiger partial charge in [-0.05, 0) is 15.9 Å². The molecular formula is C9H10BrN3O2. The van der Waals surface area contributed by atoms with E-state index in [1.54, 1.807) is 4.90 Å². The van der Waals surface area contributed by atoms with Crippen LogP contribution in [0.4, 0.5) is 0 Å². The van der Waals surface area contributed by atoms with E-state index in [0.717, 1.165) is 0 Å². The summed E-state index contributed by atoms with van der Waals surface area (Å²) in [5, 5.41) is 0. The van der Waals surface area contributed by atoms with Crippen LogP contribution in [0, 0.1) is 0 Å². The molecule has 1 aliphatic heterocycles. The summed E-state index contributed by atoms with van der Waals surface area (Å²) in [5.41, 5.74) is 0.375. The molecule has 1 amide bonds. The van der Waals surface area contributed by atoms with Gasteiger partial charge in [-0.15, -0.1) is 0 Å². The van der Waals surface area contributed by atoms with E-state index in [1.807, 2.05) is 0 Å². The molecule has 0 N–H and O–H groups in total. The molecule has 0 atom stereocenters. The Morgan fingerprint density at radius 2 is 2.07 bits per heavy atom. The lowest BCUT2D eigenvalue weighted by atomic mass is 10.3. The Morgan fingerprint density at radius 1 is 1.33 bits per heavy atom. The fourth-order valence-electron chi connectivity index (χ4n) is 1.35. The predicted molar refractivity (Wildman–Crippen MR) is 56.5 cm³/mol. The van der Waals surface area contributed by atoms with Crippen LogP contribution >= 0.6 is 15.9 Å². The summed E-state index contributed by atoms with van der Waals surface area (Å²) in [6, 6.07) is 0. The molecule has 0 saturated carbocycles. The van der Waals surface area contributed by atoms with E-state index in [2.05, 4.69) is 25.9 Å². The summed E-state index contributed by atoms with van der Waals surface area (Å²) in [5.74, 6) is -0.0849. The van der Waals surface area contributed by atoms with Crippen LogP contribution < -0.4 is 0 Å². The van der Waals surface area contributed by atoms with Gasteiger partial charge >= 0.3 is 0 Å². The molecule has 1 aromatic rings. The average molecular weight is 272 g/mol. The summed E-state index contributed by atoms with van der Waals surface area (Å²) in [4.78, 5) is 21.6. The molecule has 2 rings (SSSR count). The topological polar surface area (TPSA) is 55.3 Å². The Morgan fingerprint density at radius 3 is 2.67 bits per heavy atom. The molecule has 0 unspecified atom stereocenters. The van der Waals surface area contributed by atoms with E-state index in [4.69, 9.17) is 4.74 Å². The standard InChI is InChI=1S/C9H10BrN3O2/c10-8-6-11-7(5-12-8)9(14)13-1-3-15-4-2-13/h5-6H,1-4H2. The molecule has 0 aromatic carbocycles. The third kappa shape index (κ3) is 2.51. The number of carbonyl (C=O) groups excluding carboxylic acids is 1. The maximum absolute atomic E-state index is 11.9. The van der Waals surface area contributed by atoms with Crippen molar-refractivity contribution in [2.45, 2.75) is 0 Å². The van der Waals surface area contributed by atoms with Crippen LogP contribution in [0.15, 0.2) is 17.0 Å². The van der Waals surface area contributed by atoms with Crippen LogP contribution in [0.2, 0.25) is 0 Å². The highest BCUT2D eigenvalue weighted by atomic mass is 79.9. The summed E-state index contributed by atoms with van der Waals surface area (Å²) in [6.07, 6.45) is 3.00. The third-order valence-electron chi connectivity index (χ3n) is 2.14. The highest BCUT2D eigenvalue weighted by Gasteiger charge is 2.19. The van der Waals surface area contributed by atoms with Gasteiger partial charge in [0.1, 0.15) is 10.3 Å². The molecule has 0 aliphatic carbocycles. The first-order valence-electron chi connectivity index (χ1n) is 4.62. The van der Waals surface area contributed by atoms with Crippen LogP contribution in [0.25, 0.3) is 0 Å². The van der Waals surface area contributed by atoms with Crippen LogP contribution in [-0.4, -0.2) is 47.1 Å². The first-order chi connectivity index (χ1) is 7.27. The normalized spacial score (nSPS) is 16.5. The average Bonchev–Trinajstić information content (AvgIpc) is 2.30. The Bertz CT molecular complexity index is 349. The van der Waals surface area contributed by atoms with Gasteiger partial charge in [-0.25, -0.2) is 9.97 Å². The van der Waals surface area contributed by atoms with E-state index >= 15 is 0 Å². The molecule has 15 heavy (non-hydrogen) atoms. The molecule has 0 radical (unpaired) electrons. The van der Waals surface area contributed by atoms with Crippen molar-refractivity contribution in [3.63, 3.8) is 0 Å². The second kappa shape index (κ2) is 4.67. The largest absolute Gasteiger partial charge is 0.378 e. The number of ether oxygens (including phenoxy) is 1. The highest BCUT2D eigenvalue weighted by Crippen LogP contribution is 2.07. The number of aromatic nitrogens is 2. The number of hydrogen-bond donors (Lipinski definition) is 0. The summed E-state index contributed by atoms with van der Waals surface area (Å²) < 4.78 is 5.79. The number of carbonyl (C=O) groups is 1. The minimum atomic E-state index is -0.0849. The number of morpholine rings is 1. The van der Waals surface area contributed by atoms with Gasteiger partial charge < -0.3 is 9.64 Å². The van der Waals surface area contributed by atoms with Crippen LogP contribution in [0.1, 0.15) is 10.5 Å². The second-order valence-corrected chi connectivity index (χ2v) is 3.94. The minimum absolute atomic E-state index is 0.0849. The van der Waals surface area contributed by atoms with Gasteiger partial charge in [0.2, 0.25) is 0 Å². The van der Waals surface area contributed by atoms with Crippen LogP contribution in [-0.2, 0) is 4.74 Å². The van der Waals surface area contributed by atoms with E-state index < -0.39 is 0 Å². The maximum atomic E-state index is 11.9. The van der Waals surface area contributed by atoms with Gasteiger partial charge in [-0.2, -0.15) is 0 Å². The third-order valence-corrected chi connectivity index (χ3v) is 2.55. The molecule has 0 spiro atoms. The Balaban J connectivity index is 2.09. The Hall–Kier alpha value is -1.01. The number of halogens is 1. The molecule has 1 aliphatic rings. The number of hydrogen-bond acceptors (Lipinski definition) is 4. The van der Waals surface area contributed by atoms with Crippen molar-refractivity contribution in [2.24, 2.45) is 0 Å². The van der Waals surface area contributed by atoms with E-state index in [9.17, 15) is 4.79 Å². The molecule has 1 saturated heterocycles. The van der Waals surface area contributed by atoms with Crippen molar-refractivity contribution in [2.75, 3.05) is 26.3 Å². The van der Waals surface area contributed by atoms with Crippen molar-refractivity contribution >= 4 is 21.8 Å². The highest BCUT2D eigenvalue weighted by molar-refractivity contribution is 9.10. The summed E-state index contributed by atoms with van der Waals surface area (Å²) >= 11 is 3.17. The molecule has 6 heteroatoms. The quantitative estimate of drug-likeness (QED) is 0.755. The lowest BCUT2D eigenvalue weighted by molar-refractivity contribution is 0.0298. The van der Waals surface area contributed by atoms with E-state index in [-0.39, 0.29) is 5.91 Å². The zero-order chi connectivity index (χ0) is 10.7. The lowest BCUT2D eigenvalue weighted by Gasteiger charge is -2.26. The van der Waals surface area contributed by atoms with Gasteiger partial charge in [-0.3, -0.25) is 4.79 Å². The van der Waals surface area contributed by atoms with Crippen LogP contribution in [0.5, 0.6) is 0 Å². The minimum Gasteiger partial charge on any atom is -0.378 e. The zero-order valence-electron chi connectivity index (χ0n) is 8.02.